The molecule has 0 unspecified atom stereocenters. The molecule has 2 aliphatic carbocycles. The Bertz CT molecular complexity index is 3930. The molecule has 1 spiro atoms. The Hall–Kier alpha value is -8.56. The van der Waals surface area contributed by atoms with Crippen molar-refractivity contribution in [2.75, 3.05) is 4.90 Å². The molecule has 2 heteroatoms. The quantitative estimate of drug-likeness (QED) is 0.154. The van der Waals surface area contributed by atoms with E-state index >= 15 is 0 Å². The molecular formula is C67H43NS. The van der Waals surface area contributed by atoms with Crippen molar-refractivity contribution in [3.05, 3.63) is 283 Å². The molecule has 0 amide bonds. The highest BCUT2D eigenvalue weighted by molar-refractivity contribution is 7.26. The lowest BCUT2D eigenvalue weighted by Gasteiger charge is -2.34. The SMILES string of the molecule is c1ccc(-c2ccccc2-c2c(-c3ccccc3)cccc2N(c2ccccc2-c2cccc3c2sc2ccccc23)c2cccc3c2-c2ccccc2C32c3ccccc3-c3ccccc32)cc1. The highest BCUT2D eigenvalue weighted by Crippen LogP contribution is 2.65. The molecule has 0 saturated heterocycles. The standard InChI is InChI=1S/C67H43NS/c1-3-22-44(23-4-1)46-26-7-8-31-52(46)64-47(45-24-5-2-6-25-45)33-20-41-61(64)68(60-40-17-12-29-50(60)53-34-19-35-54-51-30-13-18-43-63(51)69-66(53)54)62-42-21-39-59-65(62)55-32-11-16-38-58(55)67(59)56-36-14-9-27-48(56)49-28-10-15-37-57(49)67/h1-43H. The third kappa shape index (κ3) is 5.83. The summed E-state index contributed by atoms with van der Waals surface area (Å²) >= 11 is 1.89. The van der Waals surface area contributed by atoms with Gasteiger partial charge in [-0.25, -0.2) is 0 Å². The number of rotatable bonds is 7. The third-order valence-electron chi connectivity index (χ3n) is 14.7. The monoisotopic (exact) mass is 893 g/mol. The van der Waals surface area contributed by atoms with Gasteiger partial charge >= 0.3 is 0 Å². The highest BCUT2D eigenvalue weighted by Gasteiger charge is 2.52. The summed E-state index contributed by atoms with van der Waals surface area (Å²) in [4.78, 5) is 2.62. The summed E-state index contributed by atoms with van der Waals surface area (Å²) in [7, 11) is 0. The van der Waals surface area contributed by atoms with Gasteiger partial charge in [-0.2, -0.15) is 0 Å². The first-order valence-corrected chi connectivity index (χ1v) is 24.7. The van der Waals surface area contributed by atoms with Crippen molar-refractivity contribution < 1.29 is 0 Å². The van der Waals surface area contributed by atoms with Gasteiger partial charge in [0.2, 0.25) is 0 Å². The molecule has 0 N–H and O–H groups in total. The number of anilines is 3. The maximum Gasteiger partial charge on any atom is 0.0726 e. The van der Waals surface area contributed by atoms with E-state index in [2.05, 4.69) is 266 Å². The van der Waals surface area contributed by atoms with E-state index in [4.69, 9.17) is 0 Å². The predicted molar refractivity (Wildman–Crippen MR) is 292 cm³/mol. The fourth-order valence-corrected chi connectivity index (χ4v) is 13.2. The number of hydrogen-bond donors (Lipinski definition) is 0. The normalized spacial score (nSPS) is 12.8. The molecule has 0 bridgehead atoms. The minimum Gasteiger partial charge on any atom is -0.309 e. The summed E-state index contributed by atoms with van der Waals surface area (Å²) in [5, 5.41) is 2.58. The number of fused-ring (bicyclic) bond motifs is 13. The van der Waals surface area contributed by atoms with Crippen molar-refractivity contribution in [2.24, 2.45) is 0 Å². The Morgan fingerprint density at radius 3 is 1.41 bits per heavy atom. The fraction of sp³-hybridized carbons (Fsp3) is 0.0149. The van der Waals surface area contributed by atoms with Crippen molar-refractivity contribution in [3.63, 3.8) is 0 Å². The Kier molecular flexibility index (Phi) is 9.05. The summed E-state index contributed by atoms with van der Waals surface area (Å²) < 4.78 is 2.59. The summed E-state index contributed by atoms with van der Waals surface area (Å²) in [6, 6.07) is 97.0. The number of nitrogens with zero attached hydrogens (tertiary/aromatic N) is 1. The second-order valence-corrected chi connectivity index (χ2v) is 19.2. The maximum absolute atomic E-state index is 2.62. The van der Waals surface area contributed by atoms with Crippen LogP contribution in [-0.2, 0) is 5.41 Å². The Labute approximate surface area is 406 Å². The van der Waals surface area contributed by atoms with Gasteiger partial charge in [0.15, 0.2) is 0 Å². The van der Waals surface area contributed by atoms with Gasteiger partial charge in [0.25, 0.3) is 0 Å². The topological polar surface area (TPSA) is 3.24 Å². The molecule has 0 radical (unpaired) electrons. The molecule has 14 rings (SSSR count). The van der Waals surface area contributed by atoms with E-state index < -0.39 is 5.41 Å². The van der Waals surface area contributed by atoms with Crippen LogP contribution in [0.1, 0.15) is 22.3 Å². The van der Waals surface area contributed by atoms with Crippen LogP contribution in [0.3, 0.4) is 0 Å². The second-order valence-electron chi connectivity index (χ2n) is 18.2. The van der Waals surface area contributed by atoms with Crippen molar-refractivity contribution in [1.29, 1.82) is 0 Å². The first kappa shape index (κ1) is 39.6. The van der Waals surface area contributed by atoms with E-state index in [0.29, 0.717) is 0 Å². The minimum atomic E-state index is -0.502. The van der Waals surface area contributed by atoms with Gasteiger partial charge < -0.3 is 4.90 Å². The largest absolute Gasteiger partial charge is 0.309 e. The first-order valence-electron chi connectivity index (χ1n) is 23.8. The lowest BCUT2D eigenvalue weighted by atomic mass is 9.70. The fourth-order valence-electron chi connectivity index (χ4n) is 12.0. The first-order chi connectivity index (χ1) is 34.3. The molecule has 1 aromatic heterocycles. The van der Waals surface area contributed by atoms with E-state index in [9.17, 15) is 0 Å². The second kappa shape index (κ2) is 15.8. The summed E-state index contributed by atoms with van der Waals surface area (Å²) in [6.07, 6.45) is 0. The molecule has 1 heterocycles. The Balaban J connectivity index is 1.13. The highest BCUT2D eigenvalue weighted by atomic mass is 32.1. The molecule has 69 heavy (non-hydrogen) atoms. The average molecular weight is 894 g/mol. The van der Waals surface area contributed by atoms with E-state index in [-0.39, 0.29) is 0 Å². The lowest BCUT2D eigenvalue weighted by molar-refractivity contribution is 0.794. The van der Waals surface area contributed by atoms with Gasteiger partial charge in [0.1, 0.15) is 0 Å². The van der Waals surface area contributed by atoms with Crippen LogP contribution in [0.5, 0.6) is 0 Å². The van der Waals surface area contributed by atoms with Gasteiger partial charge in [-0.1, -0.05) is 237 Å². The van der Waals surface area contributed by atoms with E-state index in [0.717, 1.165) is 17.1 Å². The van der Waals surface area contributed by atoms with Crippen LogP contribution in [0, 0.1) is 0 Å². The van der Waals surface area contributed by atoms with Gasteiger partial charge in [-0.15, -0.1) is 11.3 Å². The zero-order chi connectivity index (χ0) is 45.5. The van der Waals surface area contributed by atoms with Crippen molar-refractivity contribution in [1.82, 2.24) is 0 Å². The lowest BCUT2D eigenvalue weighted by Crippen LogP contribution is -2.26. The predicted octanol–water partition coefficient (Wildman–Crippen LogP) is 18.5. The minimum absolute atomic E-state index is 0.502. The summed E-state index contributed by atoms with van der Waals surface area (Å²) in [6.45, 7) is 0. The van der Waals surface area contributed by atoms with E-state index in [1.807, 2.05) is 11.3 Å². The van der Waals surface area contributed by atoms with Crippen LogP contribution in [0.25, 0.3) is 86.9 Å². The molecule has 1 nitrogen and oxygen atoms in total. The van der Waals surface area contributed by atoms with Crippen LogP contribution >= 0.6 is 11.3 Å². The Morgan fingerprint density at radius 1 is 0.261 bits per heavy atom. The van der Waals surface area contributed by atoms with Gasteiger partial charge in [0.05, 0.1) is 22.5 Å². The number of thiophene rings is 1. The zero-order valence-corrected chi connectivity index (χ0v) is 38.5. The molecule has 322 valence electrons. The van der Waals surface area contributed by atoms with Crippen LogP contribution < -0.4 is 4.90 Å². The number of hydrogen-bond acceptors (Lipinski definition) is 2. The van der Waals surface area contributed by atoms with Crippen LogP contribution in [0.2, 0.25) is 0 Å². The van der Waals surface area contributed by atoms with Crippen molar-refractivity contribution in [2.45, 2.75) is 5.41 Å². The van der Waals surface area contributed by atoms with Gasteiger partial charge in [0, 0.05) is 42.4 Å². The number of para-hydroxylation sites is 1. The summed E-state index contributed by atoms with van der Waals surface area (Å²) in [5.74, 6) is 0. The third-order valence-corrected chi connectivity index (χ3v) is 15.9. The molecule has 11 aromatic carbocycles. The molecule has 12 aromatic rings. The molecule has 0 aliphatic heterocycles. The summed E-state index contributed by atoms with van der Waals surface area (Å²) in [5.41, 5.74) is 22.7. The van der Waals surface area contributed by atoms with Crippen LogP contribution in [0.4, 0.5) is 17.1 Å². The molecular weight excluding hydrogens is 851 g/mol. The Morgan fingerprint density at radius 2 is 0.696 bits per heavy atom. The molecule has 0 saturated carbocycles. The smallest absolute Gasteiger partial charge is 0.0726 e. The van der Waals surface area contributed by atoms with Gasteiger partial charge in [-0.05, 0) is 91.0 Å². The van der Waals surface area contributed by atoms with E-state index in [1.54, 1.807) is 0 Å². The van der Waals surface area contributed by atoms with E-state index in [1.165, 1.54) is 109 Å². The molecule has 0 atom stereocenters. The molecule has 0 fully saturated rings. The zero-order valence-electron chi connectivity index (χ0n) is 37.7. The van der Waals surface area contributed by atoms with Gasteiger partial charge in [-0.3, -0.25) is 0 Å². The maximum atomic E-state index is 2.62. The number of benzene rings is 11. The van der Waals surface area contributed by atoms with Crippen LogP contribution in [0.15, 0.2) is 261 Å². The van der Waals surface area contributed by atoms with Crippen molar-refractivity contribution >= 4 is 48.6 Å². The average Bonchev–Trinajstić information content (AvgIpc) is 4.06. The molecule has 2 aliphatic rings. The van der Waals surface area contributed by atoms with Crippen molar-refractivity contribution in [3.8, 4) is 66.8 Å². The van der Waals surface area contributed by atoms with Crippen LogP contribution in [-0.4, -0.2) is 0 Å².